The van der Waals surface area contributed by atoms with Gasteiger partial charge in [-0.25, -0.2) is 9.59 Å². The van der Waals surface area contributed by atoms with E-state index in [-0.39, 0.29) is 24.2 Å². The molecule has 0 bridgehead atoms. The first kappa shape index (κ1) is 25.7. The van der Waals surface area contributed by atoms with Crippen LogP contribution in [0, 0.1) is 5.41 Å². The van der Waals surface area contributed by atoms with Gasteiger partial charge in [-0.15, -0.1) is 0 Å². The van der Waals surface area contributed by atoms with Gasteiger partial charge in [0.25, 0.3) is 5.91 Å². The highest BCUT2D eigenvalue weighted by Gasteiger charge is 2.29. The molecule has 2 aromatic carbocycles. The summed E-state index contributed by atoms with van der Waals surface area (Å²) < 4.78 is 10.6. The number of nitrogens with one attached hydrogen (secondary N) is 1. The Hall–Kier alpha value is -3.88. The predicted molar refractivity (Wildman–Crippen MR) is 131 cm³/mol. The van der Waals surface area contributed by atoms with E-state index >= 15 is 0 Å². The van der Waals surface area contributed by atoms with Gasteiger partial charge in [0.15, 0.2) is 0 Å². The first-order valence-corrected chi connectivity index (χ1v) is 11.5. The SMILES string of the molecule is CC(C)(C)OC(=O)N1CCC(c2ccc(C(=O)N(C(=N)N)C(=O)OCc3ccccc3)cc2)CC1. The number of rotatable bonds is 4. The number of likely N-dealkylation sites (tertiary alicyclic amines) is 1. The fraction of sp³-hybridized carbons (Fsp3) is 0.385. The molecule has 3 amide bonds. The third kappa shape index (κ3) is 7.05. The van der Waals surface area contributed by atoms with Crippen molar-refractivity contribution in [2.75, 3.05) is 13.1 Å². The smallest absolute Gasteiger partial charge is 0.424 e. The van der Waals surface area contributed by atoms with Crippen LogP contribution in [0.5, 0.6) is 0 Å². The van der Waals surface area contributed by atoms with Gasteiger partial charge in [-0.05, 0) is 62.8 Å². The van der Waals surface area contributed by atoms with Crippen LogP contribution in [-0.2, 0) is 16.1 Å². The Kier molecular flexibility index (Phi) is 8.11. The van der Waals surface area contributed by atoms with Crippen molar-refractivity contribution in [2.24, 2.45) is 5.73 Å². The van der Waals surface area contributed by atoms with Gasteiger partial charge in [0.1, 0.15) is 12.2 Å². The van der Waals surface area contributed by atoms with E-state index in [4.69, 9.17) is 20.6 Å². The minimum absolute atomic E-state index is 0.0440. The molecule has 2 aromatic rings. The molecular formula is C26H32N4O5. The number of nitrogens with zero attached hydrogens (tertiary/aromatic N) is 2. The van der Waals surface area contributed by atoms with Crippen molar-refractivity contribution in [3.8, 4) is 0 Å². The molecule has 1 aliphatic heterocycles. The molecule has 35 heavy (non-hydrogen) atoms. The first-order chi connectivity index (χ1) is 16.5. The third-order valence-corrected chi connectivity index (χ3v) is 5.61. The van der Waals surface area contributed by atoms with E-state index < -0.39 is 23.6 Å². The fourth-order valence-electron chi connectivity index (χ4n) is 3.82. The van der Waals surface area contributed by atoms with Crippen molar-refractivity contribution in [1.29, 1.82) is 5.41 Å². The molecule has 0 unspecified atom stereocenters. The van der Waals surface area contributed by atoms with E-state index in [0.29, 0.717) is 18.0 Å². The molecule has 3 rings (SSSR count). The van der Waals surface area contributed by atoms with E-state index in [2.05, 4.69) is 0 Å². The number of guanidine groups is 1. The van der Waals surface area contributed by atoms with Gasteiger partial charge in [-0.2, -0.15) is 4.90 Å². The summed E-state index contributed by atoms with van der Waals surface area (Å²) in [6.45, 7) is 6.67. The number of nitrogens with two attached hydrogens (primary N) is 1. The number of amides is 3. The van der Waals surface area contributed by atoms with Gasteiger partial charge in [-0.1, -0.05) is 42.5 Å². The zero-order chi connectivity index (χ0) is 25.6. The second-order valence-corrected chi connectivity index (χ2v) is 9.43. The van der Waals surface area contributed by atoms with Crippen LogP contribution in [0.4, 0.5) is 9.59 Å². The summed E-state index contributed by atoms with van der Waals surface area (Å²) in [6.07, 6.45) is 0.237. The van der Waals surface area contributed by atoms with Crippen LogP contribution in [0.15, 0.2) is 54.6 Å². The molecule has 9 nitrogen and oxygen atoms in total. The molecule has 0 atom stereocenters. The maximum Gasteiger partial charge on any atom is 0.424 e. The molecule has 3 N–H and O–H groups in total. The van der Waals surface area contributed by atoms with Crippen LogP contribution in [0.1, 0.15) is 61.0 Å². The van der Waals surface area contributed by atoms with Crippen LogP contribution >= 0.6 is 0 Å². The quantitative estimate of drug-likeness (QED) is 0.491. The van der Waals surface area contributed by atoms with E-state index in [0.717, 1.165) is 24.0 Å². The molecule has 1 heterocycles. The number of hydrogen-bond acceptors (Lipinski definition) is 6. The lowest BCUT2D eigenvalue weighted by Gasteiger charge is -2.33. The predicted octanol–water partition coefficient (Wildman–Crippen LogP) is 4.47. The topological polar surface area (TPSA) is 126 Å². The monoisotopic (exact) mass is 480 g/mol. The van der Waals surface area contributed by atoms with Gasteiger partial charge in [0.05, 0.1) is 0 Å². The van der Waals surface area contributed by atoms with E-state index in [1.807, 2.05) is 39.0 Å². The van der Waals surface area contributed by atoms with Gasteiger partial charge in [-0.3, -0.25) is 10.2 Å². The molecule has 0 aromatic heterocycles. The maximum absolute atomic E-state index is 12.9. The highest BCUT2D eigenvalue weighted by Crippen LogP contribution is 2.29. The van der Waals surface area contributed by atoms with E-state index in [1.54, 1.807) is 41.3 Å². The average molecular weight is 481 g/mol. The standard InChI is InChI=1S/C26H32N4O5/c1-26(2,3)35-24(32)29-15-13-20(14-16-29)19-9-11-21(12-10-19)22(31)30(23(27)28)25(33)34-17-18-7-5-4-6-8-18/h4-12,20H,13-17H2,1-3H3,(H3,27,28). The van der Waals surface area contributed by atoms with Gasteiger partial charge < -0.3 is 20.1 Å². The Labute approximate surface area is 205 Å². The lowest BCUT2D eigenvalue weighted by Crippen LogP contribution is -2.45. The van der Waals surface area contributed by atoms with Gasteiger partial charge in [0.2, 0.25) is 5.96 Å². The number of imide groups is 1. The van der Waals surface area contributed by atoms with Gasteiger partial charge >= 0.3 is 12.2 Å². The summed E-state index contributed by atoms with van der Waals surface area (Å²) in [6, 6.07) is 15.9. The molecule has 186 valence electrons. The highest BCUT2D eigenvalue weighted by atomic mass is 16.6. The summed E-state index contributed by atoms with van der Waals surface area (Å²) in [4.78, 5) is 39.9. The molecule has 0 saturated carbocycles. The molecule has 0 radical (unpaired) electrons. The van der Waals surface area contributed by atoms with Crippen LogP contribution in [0.3, 0.4) is 0 Å². The van der Waals surface area contributed by atoms with Crippen LogP contribution in [0.25, 0.3) is 0 Å². The molecule has 1 saturated heterocycles. The number of benzene rings is 2. The second kappa shape index (κ2) is 11.0. The van der Waals surface area contributed by atoms with E-state index in [9.17, 15) is 14.4 Å². The Morgan fingerprint density at radius 3 is 2.17 bits per heavy atom. The number of piperidine rings is 1. The van der Waals surface area contributed by atoms with Crippen LogP contribution in [0.2, 0.25) is 0 Å². The molecule has 1 aliphatic rings. The van der Waals surface area contributed by atoms with Crippen molar-refractivity contribution in [1.82, 2.24) is 9.80 Å². The Balaban J connectivity index is 1.59. The second-order valence-electron chi connectivity index (χ2n) is 9.43. The number of hydrogen-bond donors (Lipinski definition) is 2. The average Bonchev–Trinajstić information content (AvgIpc) is 2.82. The first-order valence-electron chi connectivity index (χ1n) is 11.5. The Bertz CT molecular complexity index is 1060. The summed E-state index contributed by atoms with van der Waals surface area (Å²) in [7, 11) is 0. The lowest BCUT2D eigenvalue weighted by molar-refractivity contribution is 0.0204. The lowest BCUT2D eigenvalue weighted by atomic mass is 9.89. The summed E-state index contributed by atoms with van der Waals surface area (Å²) in [5.41, 5.74) is 6.98. The largest absolute Gasteiger partial charge is 0.444 e. The summed E-state index contributed by atoms with van der Waals surface area (Å²) in [5.74, 6) is -1.22. The van der Waals surface area contributed by atoms with Crippen molar-refractivity contribution < 1.29 is 23.9 Å². The minimum atomic E-state index is -1.01. The Morgan fingerprint density at radius 2 is 1.63 bits per heavy atom. The zero-order valence-electron chi connectivity index (χ0n) is 20.3. The van der Waals surface area contributed by atoms with Crippen LogP contribution < -0.4 is 5.73 Å². The van der Waals surface area contributed by atoms with Crippen molar-refractivity contribution in [2.45, 2.75) is 51.7 Å². The maximum atomic E-state index is 12.9. The normalized spacial score (nSPS) is 14.2. The fourth-order valence-corrected chi connectivity index (χ4v) is 3.82. The highest BCUT2D eigenvalue weighted by molar-refractivity contribution is 6.14. The van der Waals surface area contributed by atoms with Crippen LogP contribution in [-0.4, -0.2) is 52.5 Å². The minimum Gasteiger partial charge on any atom is -0.444 e. The molecular weight excluding hydrogens is 448 g/mol. The van der Waals surface area contributed by atoms with Crippen molar-refractivity contribution in [3.05, 3.63) is 71.3 Å². The molecule has 0 aliphatic carbocycles. The Morgan fingerprint density at radius 1 is 1.03 bits per heavy atom. The summed E-state index contributed by atoms with van der Waals surface area (Å²) in [5, 5.41) is 7.69. The number of carbonyl (C=O) groups is 3. The van der Waals surface area contributed by atoms with Crippen molar-refractivity contribution in [3.63, 3.8) is 0 Å². The zero-order valence-corrected chi connectivity index (χ0v) is 20.3. The third-order valence-electron chi connectivity index (χ3n) is 5.61. The van der Waals surface area contributed by atoms with Crippen molar-refractivity contribution >= 4 is 24.1 Å². The summed E-state index contributed by atoms with van der Waals surface area (Å²) >= 11 is 0. The van der Waals surface area contributed by atoms with E-state index in [1.165, 1.54) is 0 Å². The molecule has 9 heteroatoms. The van der Waals surface area contributed by atoms with Gasteiger partial charge in [0, 0.05) is 18.7 Å². The molecule has 0 spiro atoms. The number of carbonyl (C=O) groups excluding carboxylic acids is 3. The molecule has 1 fully saturated rings. The number of ether oxygens (including phenoxy) is 2.